The lowest BCUT2D eigenvalue weighted by atomic mass is 10.2. The highest BCUT2D eigenvalue weighted by Crippen LogP contribution is 2.29. The Morgan fingerprint density at radius 3 is 3.12 bits per heavy atom. The second-order valence-electron chi connectivity index (χ2n) is 3.90. The SMILES string of the molecule is Cc1cccc(SCC2CCOCO2)c1N. The molecular formula is C12H17NO2S. The van der Waals surface area contributed by atoms with Crippen molar-refractivity contribution in [3.05, 3.63) is 23.8 Å². The Morgan fingerprint density at radius 2 is 2.38 bits per heavy atom. The van der Waals surface area contributed by atoms with Gasteiger partial charge in [0.05, 0.1) is 12.7 Å². The first-order valence-electron chi connectivity index (χ1n) is 5.44. The summed E-state index contributed by atoms with van der Waals surface area (Å²) in [6.07, 6.45) is 1.26. The summed E-state index contributed by atoms with van der Waals surface area (Å²) in [4.78, 5) is 1.15. The van der Waals surface area contributed by atoms with E-state index in [0.717, 1.165) is 34.9 Å². The van der Waals surface area contributed by atoms with Crippen molar-refractivity contribution in [2.45, 2.75) is 24.3 Å². The van der Waals surface area contributed by atoms with Crippen LogP contribution in [0.4, 0.5) is 5.69 Å². The van der Waals surface area contributed by atoms with Crippen molar-refractivity contribution in [2.75, 3.05) is 24.9 Å². The molecule has 2 N–H and O–H groups in total. The largest absolute Gasteiger partial charge is 0.398 e. The molecule has 2 rings (SSSR count). The number of nitrogens with two attached hydrogens (primary N) is 1. The minimum absolute atomic E-state index is 0.290. The quantitative estimate of drug-likeness (QED) is 0.650. The highest BCUT2D eigenvalue weighted by molar-refractivity contribution is 7.99. The highest BCUT2D eigenvalue weighted by Gasteiger charge is 2.15. The Labute approximate surface area is 100 Å². The number of anilines is 1. The van der Waals surface area contributed by atoms with Gasteiger partial charge in [0.15, 0.2) is 0 Å². The van der Waals surface area contributed by atoms with E-state index in [9.17, 15) is 0 Å². The first kappa shape index (κ1) is 11.8. The number of rotatable bonds is 3. The van der Waals surface area contributed by atoms with E-state index in [4.69, 9.17) is 15.2 Å². The Kier molecular flexibility index (Phi) is 4.09. The molecule has 1 aliphatic rings. The Balaban J connectivity index is 1.91. The lowest BCUT2D eigenvalue weighted by Crippen LogP contribution is -2.25. The van der Waals surface area contributed by atoms with Crippen molar-refractivity contribution in [1.82, 2.24) is 0 Å². The van der Waals surface area contributed by atoms with Crippen LogP contribution in [0.2, 0.25) is 0 Å². The summed E-state index contributed by atoms with van der Waals surface area (Å²) in [5.41, 5.74) is 8.04. The van der Waals surface area contributed by atoms with Gasteiger partial charge in [-0.1, -0.05) is 12.1 Å². The summed E-state index contributed by atoms with van der Waals surface area (Å²) in [5.74, 6) is 0.941. The summed E-state index contributed by atoms with van der Waals surface area (Å²) in [5, 5.41) is 0. The summed E-state index contributed by atoms with van der Waals surface area (Å²) < 4.78 is 10.6. The van der Waals surface area contributed by atoms with Gasteiger partial charge in [-0.2, -0.15) is 0 Å². The molecule has 4 heteroatoms. The summed E-state index contributed by atoms with van der Waals surface area (Å²) in [7, 11) is 0. The fraction of sp³-hybridized carbons (Fsp3) is 0.500. The van der Waals surface area contributed by atoms with Crippen LogP contribution in [0.15, 0.2) is 23.1 Å². The van der Waals surface area contributed by atoms with Gasteiger partial charge in [0.2, 0.25) is 0 Å². The minimum atomic E-state index is 0.290. The maximum Gasteiger partial charge on any atom is 0.147 e. The van der Waals surface area contributed by atoms with E-state index >= 15 is 0 Å². The molecule has 1 aromatic carbocycles. The van der Waals surface area contributed by atoms with Gasteiger partial charge >= 0.3 is 0 Å². The van der Waals surface area contributed by atoms with Gasteiger partial charge in [-0.25, -0.2) is 0 Å². The average Bonchev–Trinajstić information content (AvgIpc) is 2.32. The number of benzene rings is 1. The van der Waals surface area contributed by atoms with Crippen LogP contribution < -0.4 is 5.73 Å². The number of nitrogen functional groups attached to an aromatic ring is 1. The monoisotopic (exact) mass is 239 g/mol. The van der Waals surface area contributed by atoms with E-state index in [1.54, 1.807) is 11.8 Å². The predicted octanol–water partition coefficient (Wildman–Crippen LogP) is 2.43. The molecule has 88 valence electrons. The molecule has 1 aliphatic heterocycles. The van der Waals surface area contributed by atoms with Crippen LogP contribution in [0.3, 0.4) is 0 Å². The van der Waals surface area contributed by atoms with Gasteiger partial charge in [0.25, 0.3) is 0 Å². The van der Waals surface area contributed by atoms with E-state index in [0.29, 0.717) is 12.9 Å². The molecule has 1 atom stereocenters. The summed E-state index contributed by atoms with van der Waals surface area (Å²) in [6, 6.07) is 6.13. The first-order chi connectivity index (χ1) is 7.77. The van der Waals surface area contributed by atoms with Crippen molar-refractivity contribution in [3.63, 3.8) is 0 Å². The third-order valence-corrected chi connectivity index (χ3v) is 3.89. The molecule has 0 amide bonds. The van der Waals surface area contributed by atoms with Crippen molar-refractivity contribution in [3.8, 4) is 0 Å². The predicted molar refractivity (Wildman–Crippen MR) is 66.6 cm³/mol. The molecule has 0 aliphatic carbocycles. The third-order valence-electron chi connectivity index (χ3n) is 2.68. The zero-order valence-corrected chi connectivity index (χ0v) is 10.3. The smallest absolute Gasteiger partial charge is 0.147 e. The second-order valence-corrected chi connectivity index (χ2v) is 4.96. The number of para-hydroxylation sites is 1. The van der Waals surface area contributed by atoms with E-state index in [-0.39, 0.29) is 0 Å². The van der Waals surface area contributed by atoms with Crippen LogP contribution >= 0.6 is 11.8 Å². The number of thioether (sulfide) groups is 1. The third kappa shape index (κ3) is 2.90. The molecule has 0 spiro atoms. The summed E-state index contributed by atoms with van der Waals surface area (Å²) in [6.45, 7) is 3.26. The molecule has 1 aromatic rings. The number of aryl methyl sites for hydroxylation is 1. The lowest BCUT2D eigenvalue weighted by molar-refractivity contribution is -0.130. The Hall–Kier alpha value is -0.710. The van der Waals surface area contributed by atoms with Crippen molar-refractivity contribution in [1.29, 1.82) is 0 Å². The minimum Gasteiger partial charge on any atom is -0.398 e. The molecule has 1 saturated heterocycles. The van der Waals surface area contributed by atoms with Crippen LogP contribution in [-0.2, 0) is 9.47 Å². The average molecular weight is 239 g/mol. The Bertz CT molecular complexity index is 351. The number of ether oxygens (including phenoxy) is 2. The van der Waals surface area contributed by atoms with Gasteiger partial charge < -0.3 is 15.2 Å². The van der Waals surface area contributed by atoms with Crippen LogP contribution in [0.25, 0.3) is 0 Å². The van der Waals surface area contributed by atoms with Gasteiger partial charge in [-0.3, -0.25) is 0 Å². The normalized spacial score (nSPS) is 20.9. The molecule has 1 heterocycles. The first-order valence-corrected chi connectivity index (χ1v) is 6.43. The molecule has 1 unspecified atom stereocenters. The zero-order chi connectivity index (χ0) is 11.4. The molecule has 0 aromatic heterocycles. The van der Waals surface area contributed by atoms with Crippen molar-refractivity contribution >= 4 is 17.4 Å². The maximum atomic E-state index is 6.01. The van der Waals surface area contributed by atoms with Gasteiger partial charge in [-0.05, 0) is 25.0 Å². The highest BCUT2D eigenvalue weighted by atomic mass is 32.2. The van der Waals surface area contributed by atoms with E-state index in [1.807, 2.05) is 19.1 Å². The van der Waals surface area contributed by atoms with E-state index in [2.05, 4.69) is 6.07 Å². The molecule has 16 heavy (non-hydrogen) atoms. The van der Waals surface area contributed by atoms with E-state index in [1.165, 1.54) is 0 Å². The van der Waals surface area contributed by atoms with Crippen molar-refractivity contribution in [2.24, 2.45) is 0 Å². The molecule has 0 bridgehead atoms. The van der Waals surface area contributed by atoms with Gasteiger partial charge in [-0.15, -0.1) is 11.8 Å². The van der Waals surface area contributed by atoms with Crippen LogP contribution in [0, 0.1) is 6.92 Å². The topological polar surface area (TPSA) is 44.5 Å². The molecular weight excluding hydrogens is 222 g/mol. The van der Waals surface area contributed by atoms with Gasteiger partial charge in [0.1, 0.15) is 6.79 Å². The zero-order valence-electron chi connectivity index (χ0n) is 9.44. The summed E-state index contributed by atoms with van der Waals surface area (Å²) >= 11 is 1.76. The fourth-order valence-electron chi connectivity index (χ4n) is 1.60. The molecule has 0 radical (unpaired) electrons. The molecule has 3 nitrogen and oxygen atoms in total. The standard InChI is InChI=1S/C12H17NO2S/c1-9-3-2-4-11(12(9)13)16-7-10-5-6-14-8-15-10/h2-4,10H,5-8,13H2,1H3. The molecule has 0 saturated carbocycles. The van der Waals surface area contributed by atoms with E-state index < -0.39 is 0 Å². The van der Waals surface area contributed by atoms with Crippen LogP contribution in [-0.4, -0.2) is 25.3 Å². The number of hydrogen-bond acceptors (Lipinski definition) is 4. The molecule has 1 fully saturated rings. The van der Waals surface area contributed by atoms with Gasteiger partial charge in [0, 0.05) is 16.3 Å². The second kappa shape index (κ2) is 5.57. The number of hydrogen-bond donors (Lipinski definition) is 1. The maximum absolute atomic E-state index is 6.01. The van der Waals surface area contributed by atoms with Crippen molar-refractivity contribution < 1.29 is 9.47 Å². The van der Waals surface area contributed by atoms with Crippen LogP contribution in [0.1, 0.15) is 12.0 Å². The van der Waals surface area contributed by atoms with Crippen LogP contribution in [0.5, 0.6) is 0 Å². The lowest BCUT2D eigenvalue weighted by Gasteiger charge is -2.22. The fourth-order valence-corrected chi connectivity index (χ4v) is 2.71. The Morgan fingerprint density at radius 1 is 1.50 bits per heavy atom.